The van der Waals surface area contributed by atoms with Gasteiger partial charge in [-0.25, -0.2) is 0 Å². The van der Waals surface area contributed by atoms with Crippen LogP contribution in [-0.4, -0.2) is 35.8 Å². The van der Waals surface area contributed by atoms with E-state index < -0.39 is 17.6 Å². The first-order valence-electron chi connectivity index (χ1n) is 10.2. The number of fused-ring (bicyclic) bond motifs is 1. The average Bonchev–Trinajstić information content (AvgIpc) is 2.69. The van der Waals surface area contributed by atoms with Gasteiger partial charge >= 0.3 is 5.97 Å². The fourth-order valence-corrected chi connectivity index (χ4v) is 3.48. The lowest BCUT2D eigenvalue weighted by Gasteiger charge is -2.29. The van der Waals surface area contributed by atoms with E-state index in [-0.39, 0.29) is 18.2 Å². The van der Waals surface area contributed by atoms with Gasteiger partial charge in [-0.1, -0.05) is 42.5 Å². The summed E-state index contributed by atoms with van der Waals surface area (Å²) in [5, 5.41) is 0. The number of carbonyl (C=O) groups excluding carboxylic acids is 3. The zero-order valence-corrected chi connectivity index (χ0v) is 18.3. The Balaban J connectivity index is 1.97. The number of hydrogen-bond acceptors (Lipinski definition) is 5. The van der Waals surface area contributed by atoms with Gasteiger partial charge in [0, 0.05) is 11.3 Å². The van der Waals surface area contributed by atoms with Crippen molar-refractivity contribution >= 4 is 23.3 Å². The van der Waals surface area contributed by atoms with E-state index in [0.717, 1.165) is 16.7 Å². The molecule has 1 aliphatic heterocycles. The highest BCUT2D eigenvalue weighted by Crippen LogP contribution is 2.30. The van der Waals surface area contributed by atoms with Crippen molar-refractivity contribution in [1.29, 1.82) is 0 Å². The summed E-state index contributed by atoms with van der Waals surface area (Å²) in [5.74, 6) is -0.837. The van der Waals surface area contributed by atoms with Gasteiger partial charge in [-0.3, -0.25) is 19.3 Å². The number of rotatable bonds is 4. The van der Waals surface area contributed by atoms with E-state index in [2.05, 4.69) is 0 Å². The molecule has 2 N–H and O–H groups in total. The van der Waals surface area contributed by atoms with Crippen LogP contribution in [-0.2, 0) is 20.7 Å². The lowest BCUT2D eigenvalue weighted by molar-refractivity contribution is -0.153. The van der Waals surface area contributed by atoms with Crippen molar-refractivity contribution in [2.75, 3.05) is 11.4 Å². The summed E-state index contributed by atoms with van der Waals surface area (Å²) in [4.78, 5) is 38.3. The maximum atomic E-state index is 12.9. The molecule has 6 heteroatoms. The number of anilines is 1. The van der Waals surface area contributed by atoms with Gasteiger partial charge in [0.25, 0.3) is 0 Å². The summed E-state index contributed by atoms with van der Waals surface area (Å²) in [5.41, 5.74) is 9.45. The maximum Gasteiger partial charge on any atom is 0.326 e. The summed E-state index contributed by atoms with van der Waals surface area (Å²) < 4.78 is 5.42. The second-order valence-electron chi connectivity index (χ2n) is 8.65. The number of nitrogens with zero attached hydrogens (tertiary/aromatic N) is 1. The molecule has 0 aliphatic carbocycles. The Morgan fingerprint density at radius 2 is 1.74 bits per heavy atom. The van der Waals surface area contributed by atoms with Crippen LogP contribution in [0.1, 0.15) is 43.6 Å². The number of ketones is 1. The molecule has 6 nitrogen and oxygen atoms in total. The second-order valence-corrected chi connectivity index (χ2v) is 8.65. The van der Waals surface area contributed by atoms with E-state index in [1.54, 1.807) is 39.0 Å². The van der Waals surface area contributed by atoms with Crippen LogP contribution in [0.15, 0.2) is 54.6 Å². The molecule has 2 aromatic rings. The minimum atomic E-state index is -0.825. The van der Waals surface area contributed by atoms with E-state index >= 15 is 0 Å². The monoisotopic (exact) mass is 420 g/mol. The lowest BCUT2D eigenvalue weighted by Crippen LogP contribution is -2.47. The van der Waals surface area contributed by atoms with Gasteiger partial charge in [0.15, 0.2) is 5.78 Å². The molecule has 0 spiro atoms. The molecule has 0 saturated carbocycles. The smallest absolute Gasteiger partial charge is 0.326 e. The Morgan fingerprint density at radius 1 is 1.10 bits per heavy atom. The van der Waals surface area contributed by atoms with E-state index in [4.69, 9.17) is 10.5 Å². The fraction of sp³-hybridized carbons (Fsp3) is 0.320. The number of ether oxygens (including phenoxy) is 1. The van der Waals surface area contributed by atoms with Crippen molar-refractivity contribution in [2.24, 2.45) is 5.73 Å². The van der Waals surface area contributed by atoms with Crippen molar-refractivity contribution in [3.8, 4) is 11.1 Å². The quantitative estimate of drug-likeness (QED) is 0.463. The third kappa shape index (κ3) is 5.47. The minimum Gasteiger partial charge on any atom is -0.459 e. The molecule has 1 heterocycles. The first-order valence-corrected chi connectivity index (χ1v) is 10.2. The minimum absolute atomic E-state index is 0.0162. The molecule has 0 bridgehead atoms. The van der Waals surface area contributed by atoms with E-state index in [0.29, 0.717) is 17.7 Å². The topological polar surface area (TPSA) is 89.7 Å². The number of allylic oxidation sites excluding steroid dienone is 1. The molecule has 1 atom stereocenters. The third-order valence-electron chi connectivity index (χ3n) is 4.93. The van der Waals surface area contributed by atoms with Gasteiger partial charge in [-0.05, 0) is 62.9 Å². The van der Waals surface area contributed by atoms with Gasteiger partial charge in [0.1, 0.15) is 18.2 Å². The van der Waals surface area contributed by atoms with Gasteiger partial charge in [-0.15, -0.1) is 0 Å². The molecular weight excluding hydrogens is 392 g/mol. The molecule has 2 aromatic carbocycles. The Hall–Kier alpha value is -3.25. The van der Waals surface area contributed by atoms with Crippen LogP contribution in [0.4, 0.5) is 5.69 Å². The zero-order chi connectivity index (χ0) is 22.8. The highest BCUT2D eigenvalue weighted by atomic mass is 16.6. The predicted octanol–water partition coefficient (Wildman–Crippen LogP) is 3.67. The van der Waals surface area contributed by atoms with Crippen molar-refractivity contribution in [1.82, 2.24) is 0 Å². The van der Waals surface area contributed by atoms with Crippen LogP contribution < -0.4 is 10.6 Å². The molecule has 0 radical (unpaired) electrons. The van der Waals surface area contributed by atoms with Crippen LogP contribution in [0, 0.1) is 0 Å². The number of hydrogen-bond donors (Lipinski definition) is 1. The third-order valence-corrected chi connectivity index (χ3v) is 4.93. The fourth-order valence-electron chi connectivity index (χ4n) is 3.48. The van der Waals surface area contributed by atoms with Gasteiger partial charge in [0.2, 0.25) is 5.91 Å². The summed E-state index contributed by atoms with van der Waals surface area (Å²) in [6.45, 7) is 6.68. The van der Waals surface area contributed by atoms with Gasteiger partial charge in [-0.2, -0.15) is 0 Å². The van der Waals surface area contributed by atoms with Crippen LogP contribution in [0.25, 0.3) is 11.1 Å². The molecule has 1 aliphatic rings. The SMILES string of the molecule is CC(=O)c1ccc(-c2ccc3c(c2)C/C=C\[C@H](N)C(=O)N3CC(=O)OC(C)(C)C)cc1. The summed E-state index contributed by atoms with van der Waals surface area (Å²) in [6.07, 6.45) is 4.09. The van der Waals surface area contributed by atoms with Gasteiger partial charge in [0.05, 0.1) is 0 Å². The highest BCUT2D eigenvalue weighted by Gasteiger charge is 2.28. The summed E-state index contributed by atoms with van der Waals surface area (Å²) in [6, 6.07) is 12.3. The first-order chi connectivity index (χ1) is 14.5. The molecule has 0 aromatic heterocycles. The van der Waals surface area contributed by atoms with E-state index in [1.165, 1.54) is 11.8 Å². The van der Waals surface area contributed by atoms with E-state index in [9.17, 15) is 14.4 Å². The Morgan fingerprint density at radius 3 is 2.35 bits per heavy atom. The van der Waals surface area contributed by atoms with E-state index in [1.807, 2.05) is 36.4 Å². The molecule has 31 heavy (non-hydrogen) atoms. The molecular formula is C25H28N2O4. The Bertz CT molecular complexity index is 1030. The Labute approximate surface area is 182 Å². The number of nitrogens with two attached hydrogens (primary N) is 1. The molecule has 162 valence electrons. The number of esters is 1. The first kappa shape index (κ1) is 22.4. The molecule has 0 saturated heterocycles. The predicted molar refractivity (Wildman–Crippen MR) is 121 cm³/mol. The number of benzene rings is 2. The highest BCUT2D eigenvalue weighted by molar-refractivity contribution is 6.02. The molecule has 3 rings (SSSR count). The molecule has 0 fully saturated rings. The van der Waals surface area contributed by atoms with Crippen molar-refractivity contribution in [3.05, 3.63) is 65.7 Å². The van der Waals surface area contributed by atoms with Crippen LogP contribution in [0.2, 0.25) is 0 Å². The summed E-state index contributed by atoms with van der Waals surface area (Å²) in [7, 11) is 0. The normalized spacial score (nSPS) is 17.4. The van der Waals surface area contributed by atoms with Crippen molar-refractivity contribution in [2.45, 2.75) is 45.8 Å². The number of amides is 1. The Kier molecular flexibility index (Phi) is 6.41. The maximum absolute atomic E-state index is 12.9. The average molecular weight is 421 g/mol. The molecule has 1 amide bonds. The van der Waals surface area contributed by atoms with Crippen LogP contribution in [0.3, 0.4) is 0 Å². The largest absolute Gasteiger partial charge is 0.459 e. The van der Waals surface area contributed by atoms with Crippen LogP contribution >= 0.6 is 0 Å². The number of Topliss-reactive ketones (excluding diaryl/α,β-unsaturated/α-hetero) is 1. The standard InChI is InChI=1S/C25H28N2O4/c1-16(28)17-8-10-18(11-9-17)19-12-13-22-20(14-19)6-5-7-21(26)24(30)27(22)15-23(29)31-25(2,3)4/h5,7-14,21H,6,15,26H2,1-4H3/b7-5-/t21-/m0/s1. The number of carbonyl (C=O) groups is 3. The second kappa shape index (κ2) is 8.86. The zero-order valence-electron chi connectivity index (χ0n) is 18.3. The van der Waals surface area contributed by atoms with Crippen LogP contribution in [0.5, 0.6) is 0 Å². The molecule has 0 unspecified atom stereocenters. The lowest BCUT2D eigenvalue weighted by atomic mass is 9.97. The van der Waals surface area contributed by atoms with Crippen molar-refractivity contribution < 1.29 is 19.1 Å². The summed E-state index contributed by atoms with van der Waals surface area (Å²) >= 11 is 0. The van der Waals surface area contributed by atoms with Gasteiger partial charge < -0.3 is 10.5 Å². The van der Waals surface area contributed by atoms with Crippen molar-refractivity contribution in [3.63, 3.8) is 0 Å².